The van der Waals surface area contributed by atoms with Gasteiger partial charge in [-0.05, 0) is 55.6 Å². The third kappa shape index (κ3) is 4.36. The fourth-order valence-electron chi connectivity index (χ4n) is 3.46. The van der Waals surface area contributed by atoms with Gasteiger partial charge < -0.3 is 15.7 Å². The summed E-state index contributed by atoms with van der Waals surface area (Å²) in [5.74, 6) is 5.12. The largest absolute Gasteiger partial charge is 0.323 e. The fraction of sp³-hybridized carbons (Fsp3) is 0.182. The Morgan fingerprint density at radius 1 is 1.13 bits per heavy atom. The molecule has 1 fully saturated rings. The first-order valence-electron chi connectivity index (χ1n) is 9.68. The van der Waals surface area contributed by atoms with Crippen molar-refractivity contribution in [2.24, 2.45) is 15.9 Å². The van der Waals surface area contributed by atoms with Crippen molar-refractivity contribution in [1.29, 1.82) is 0 Å². The number of carbonyl (C=O) groups excluding carboxylic acids is 1. The number of benzene rings is 2. The smallest absolute Gasteiger partial charge is 0.258 e. The quantitative estimate of drug-likeness (QED) is 0.382. The number of aliphatic imine (C=N–C) groups is 1. The molecule has 2 aromatic carbocycles. The maximum Gasteiger partial charge on any atom is 0.258 e. The highest BCUT2D eigenvalue weighted by Crippen LogP contribution is 2.21. The summed E-state index contributed by atoms with van der Waals surface area (Å²) in [6.07, 6.45) is 1.38. The number of fused-ring (bicyclic) bond motifs is 1. The molecular weight excluding hydrogens is 399 g/mol. The van der Waals surface area contributed by atoms with Crippen molar-refractivity contribution < 1.29 is 9.18 Å². The summed E-state index contributed by atoms with van der Waals surface area (Å²) in [6.45, 7) is 1.83. The van der Waals surface area contributed by atoms with Crippen LogP contribution in [0.15, 0.2) is 63.4 Å². The molecule has 2 heterocycles. The topological polar surface area (TPSA) is 107 Å². The normalized spacial score (nSPS) is 15.9. The number of carbonyl (C=O) groups is 1. The first kappa shape index (κ1) is 20.4. The summed E-state index contributed by atoms with van der Waals surface area (Å²) in [5, 5.41) is 4.19. The number of amides is 1. The number of nitrogens with zero attached hydrogens (tertiary/aromatic N) is 4. The van der Waals surface area contributed by atoms with Gasteiger partial charge in [0.25, 0.3) is 5.56 Å². The molecule has 0 bridgehead atoms. The maximum absolute atomic E-state index is 13.5. The molecule has 3 aromatic rings. The average Bonchev–Trinajstić information content (AvgIpc) is 2.75. The number of aromatic nitrogens is 1. The van der Waals surface area contributed by atoms with Crippen LogP contribution in [0.2, 0.25) is 0 Å². The van der Waals surface area contributed by atoms with E-state index >= 15 is 0 Å². The van der Waals surface area contributed by atoms with E-state index in [2.05, 4.69) is 15.1 Å². The van der Waals surface area contributed by atoms with Crippen molar-refractivity contribution >= 4 is 40.1 Å². The van der Waals surface area contributed by atoms with Gasteiger partial charge in [0.15, 0.2) is 0 Å². The molecule has 8 nitrogen and oxygen atoms in total. The molecule has 0 spiro atoms. The molecule has 158 valence electrons. The minimum atomic E-state index is -0.413. The standard InChI is InChI=1S/C22H21FN6O2/c1-28-8-9-29(21(30)13-28)17-5-3-16(4-6-17)25-12-20(27-24)18-11-14-10-15(23)2-7-19(14)26-22(18)31/h2-7,10-12H,8-9,13,24H2,1H3,(H,26,31). The number of nitrogens with two attached hydrogens (primary N) is 1. The number of hydrogen-bond donors (Lipinski definition) is 2. The van der Waals surface area contributed by atoms with Crippen molar-refractivity contribution in [2.45, 2.75) is 0 Å². The summed E-state index contributed by atoms with van der Waals surface area (Å²) >= 11 is 0. The molecule has 0 atom stereocenters. The highest BCUT2D eigenvalue weighted by atomic mass is 19.1. The molecule has 9 heteroatoms. The Kier molecular flexibility index (Phi) is 5.59. The van der Waals surface area contributed by atoms with Crippen LogP contribution in [0.5, 0.6) is 0 Å². The lowest BCUT2D eigenvalue weighted by Crippen LogP contribution is -2.48. The molecule has 0 unspecified atom stereocenters. The van der Waals surface area contributed by atoms with Crippen LogP contribution < -0.4 is 16.3 Å². The Morgan fingerprint density at radius 2 is 1.90 bits per heavy atom. The Bertz CT molecular complexity index is 1250. The van der Waals surface area contributed by atoms with E-state index < -0.39 is 11.4 Å². The molecule has 1 amide bonds. The summed E-state index contributed by atoms with van der Waals surface area (Å²) in [4.78, 5) is 35.4. The molecule has 1 aliphatic rings. The van der Waals surface area contributed by atoms with Gasteiger partial charge in [-0.1, -0.05) is 0 Å². The number of halogens is 1. The Labute approximate surface area is 177 Å². The molecule has 0 aliphatic carbocycles. The van der Waals surface area contributed by atoms with Gasteiger partial charge in [0.2, 0.25) is 5.91 Å². The van der Waals surface area contributed by atoms with Gasteiger partial charge >= 0.3 is 0 Å². The van der Waals surface area contributed by atoms with E-state index in [4.69, 9.17) is 5.84 Å². The van der Waals surface area contributed by atoms with Crippen LogP contribution >= 0.6 is 0 Å². The van der Waals surface area contributed by atoms with Crippen LogP contribution in [0.3, 0.4) is 0 Å². The van der Waals surface area contributed by atoms with E-state index in [9.17, 15) is 14.0 Å². The van der Waals surface area contributed by atoms with E-state index in [1.807, 2.05) is 24.1 Å². The monoisotopic (exact) mass is 420 g/mol. The molecular formula is C22H21FN6O2. The van der Waals surface area contributed by atoms with Crippen LogP contribution in [-0.2, 0) is 4.79 Å². The Morgan fingerprint density at radius 3 is 2.61 bits per heavy atom. The summed E-state index contributed by atoms with van der Waals surface area (Å²) < 4.78 is 13.5. The Balaban J connectivity index is 1.56. The summed E-state index contributed by atoms with van der Waals surface area (Å²) in [6, 6.07) is 12.8. The van der Waals surface area contributed by atoms with Crippen LogP contribution in [-0.4, -0.2) is 54.4 Å². The summed E-state index contributed by atoms with van der Waals surface area (Å²) in [7, 11) is 1.92. The first-order valence-corrected chi connectivity index (χ1v) is 9.68. The average molecular weight is 420 g/mol. The van der Waals surface area contributed by atoms with Crippen LogP contribution in [0.1, 0.15) is 5.56 Å². The molecule has 31 heavy (non-hydrogen) atoms. The zero-order valence-electron chi connectivity index (χ0n) is 16.9. The zero-order chi connectivity index (χ0) is 22.0. The van der Waals surface area contributed by atoms with Gasteiger partial charge in [0, 0.05) is 29.7 Å². The lowest BCUT2D eigenvalue weighted by atomic mass is 10.1. The number of hydrogen-bond acceptors (Lipinski definition) is 6. The van der Waals surface area contributed by atoms with Crippen molar-refractivity contribution in [1.82, 2.24) is 9.88 Å². The predicted octanol–water partition coefficient (Wildman–Crippen LogP) is 2.01. The SMILES string of the molecule is CN1CCN(c2ccc(N=CC(=NN)c3cc4cc(F)ccc4[nH]c3=O)cc2)C(=O)C1. The minimum absolute atomic E-state index is 0.0505. The predicted molar refractivity (Wildman–Crippen MR) is 120 cm³/mol. The highest BCUT2D eigenvalue weighted by molar-refractivity contribution is 6.38. The third-order valence-electron chi connectivity index (χ3n) is 5.13. The van der Waals surface area contributed by atoms with Crippen LogP contribution in [0.25, 0.3) is 10.9 Å². The number of aromatic amines is 1. The van der Waals surface area contributed by atoms with E-state index in [0.717, 1.165) is 12.2 Å². The van der Waals surface area contributed by atoms with E-state index in [0.29, 0.717) is 29.7 Å². The summed E-state index contributed by atoms with van der Waals surface area (Å²) in [5.41, 5.74) is 1.86. The van der Waals surface area contributed by atoms with Crippen molar-refractivity contribution in [3.8, 4) is 0 Å². The number of likely N-dealkylation sites (N-methyl/N-ethyl adjacent to an activating group) is 1. The zero-order valence-corrected chi connectivity index (χ0v) is 16.9. The number of pyridine rings is 1. The highest BCUT2D eigenvalue weighted by Gasteiger charge is 2.22. The van der Waals surface area contributed by atoms with Crippen molar-refractivity contribution in [2.75, 3.05) is 31.6 Å². The van der Waals surface area contributed by atoms with E-state index in [1.54, 1.807) is 17.0 Å². The van der Waals surface area contributed by atoms with Crippen LogP contribution in [0.4, 0.5) is 15.8 Å². The van der Waals surface area contributed by atoms with Gasteiger partial charge in [-0.3, -0.25) is 19.5 Å². The maximum atomic E-state index is 13.5. The Hall–Kier alpha value is -3.85. The second-order valence-corrected chi connectivity index (χ2v) is 7.32. The molecule has 1 saturated heterocycles. The second kappa shape index (κ2) is 8.49. The van der Waals surface area contributed by atoms with Gasteiger partial charge in [-0.25, -0.2) is 4.39 Å². The van der Waals surface area contributed by atoms with Gasteiger partial charge in [0.1, 0.15) is 11.5 Å². The number of piperazine rings is 1. The second-order valence-electron chi connectivity index (χ2n) is 7.32. The van der Waals surface area contributed by atoms with Crippen molar-refractivity contribution in [3.63, 3.8) is 0 Å². The lowest BCUT2D eigenvalue weighted by Gasteiger charge is -2.32. The fourth-order valence-corrected chi connectivity index (χ4v) is 3.46. The van der Waals surface area contributed by atoms with Gasteiger partial charge in [-0.2, -0.15) is 5.10 Å². The number of anilines is 1. The van der Waals surface area contributed by atoms with Crippen molar-refractivity contribution in [3.05, 3.63) is 70.3 Å². The third-order valence-corrected chi connectivity index (χ3v) is 5.13. The molecule has 0 radical (unpaired) electrons. The molecule has 1 aromatic heterocycles. The lowest BCUT2D eigenvalue weighted by molar-refractivity contribution is -0.120. The van der Waals surface area contributed by atoms with Gasteiger partial charge in [-0.15, -0.1) is 0 Å². The number of H-pyrrole nitrogens is 1. The van der Waals surface area contributed by atoms with E-state index in [-0.39, 0.29) is 17.2 Å². The molecule has 4 rings (SSSR count). The number of hydrazone groups is 1. The number of nitrogens with one attached hydrogen (secondary N) is 1. The van der Waals surface area contributed by atoms with Crippen LogP contribution in [0, 0.1) is 5.82 Å². The number of rotatable bonds is 4. The minimum Gasteiger partial charge on any atom is -0.323 e. The van der Waals surface area contributed by atoms with E-state index in [1.165, 1.54) is 30.5 Å². The first-order chi connectivity index (χ1) is 14.9. The van der Waals surface area contributed by atoms with Gasteiger partial charge in [0.05, 0.1) is 24.0 Å². The molecule has 0 saturated carbocycles. The molecule has 3 N–H and O–H groups in total. The molecule has 1 aliphatic heterocycles.